The lowest BCUT2D eigenvalue weighted by molar-refractivity contribution is 0.0901. The van der Waals surface area contributed by atoms with E-state index >= 15 is 0 Å². The number of benzene rings is 2. The molecule has 0 spiro atoms. The lowest BCUT2D eigenvalue weighted by atomic mass is 10.1. The molecule has 0 saturated carbocycles. The molecule has 5 rings (SSSR count). The molecule has 1 aliphatic heterocycles. The van der Waals surface area contributed by atoms with Gasteiger partial charge in [-0.1, -0.05) is 65.6 Å². The van der Waals surface area contributed by atoms with E-state index in [4.69, 9.17) is 5.73 Å². The number of aryl methyl sites for hydroxylation is 1. The van der Waals surface area contributed by atoms with Gasteiger partial charge in [-0.15, -0.1) is 0 Å². The SMILES string of the molecule is Cc1ccc(Sc2cnc(Nc3ccccn3)s2)cc1C(=O)N[C@@]1(N)CCN(Cc2ccccc2)C1. The Bertz CT molecular complexity index is 1330. The van der Waals surface area contributed by atoms with Gasteiger partial charge in [0, 0.05) is 36.3 Å². The van der Waals surface area contributed by atoms with Crippen LogP contribution in [0.4, 0.5) is 10.9 Å². The molecule has 4 aromatic rings. The predicted octanol–water partition coefficient (Wildman–Crippen LogP) is 5.03. The lowest BCUT2D eigenvalue weighted by Crippen LogP contribution is -2.57. The molecule has 0 bridgehead atoms. The van der Waals surface area contributed by atoms with Gasteiger partial charge in [0.15, 0.2) is 5.13 Å². The number of thiazole rings is 1. The summed E-state index contributed by atoms with van der Waals surface area (Å²) in [4.78, 5) is 25.2. The molecule has 1 amide bonds. The predicted molar refractivity (Wildman–Crippen MR) is 146 cm³/mol. The van der Waals surface area contributed by atoms with Crippen LogP contribution in [0.3, 0.4) is 0 Å². The van der Waals surface area contributed by atoms with Crippen molar-refractivity contribution in [1.82, 2.24) is 20.2 Å². The van der Waals surface area contributed by atoms with Gasteiger partial charge >= 0.3 is 0 Å². The van der Waals surface area contributed by atoms with Crippen LogP contribution < -0.4 is 16.4 Å². The maximum Gasteiger partial charge on any atom is 0.253 e. The largest absolute Gasteiger partial charge is 0.333 e. The number of likely N-dealkylation sites (tertiary alicyclic amines) is 1. The van der Waals surface area contributed by atoms with Gasteiger partial charge < -0.3 is 16.4 Å². The molecule has 0 radical (unpaired) electrons. The summed E-state index contributed by atoms with van der Waals surface area (Å²) < 4.78 is 1.02. The summed E-state index contributed by atoms with van der Waals surface area (Å²) in [6.45, 7) is 4.24. The molecule has 2 aromatic carbocycles. The van der Waals surface area contributed by atoms with Gasteiger partial charge in [-0.25, -0.2) is 9.97 Å². The van der Waals surface area contributed by atoms with Crippen LogP contribution in [0.5, 0.6) is 0 Å². The van der Waals surface area contributed by atoms with Crippen molar-refractivity contribution in [2.24, 2.45) is 5.73 Å². The number of hydrogen-bond donors (Lipinski definition) is 3. The maximum atomic E-state index is 13.3. The second kappa shape index (κ2) is 10.8. The number of anilines is 2. The number of nitrogens with two attached hydrogens (primary N) is 1. The Labute approximate surface area is 219 Å². The van der Waals surface area contributed by atoms with Gasteiger partial charge in [-0.2, -0.15) is 0 Å². The van der Waals surface area contributed by atoms with Gasteiger partial charge in [-0.3, -0.25) is 9.69 Å². The molecule has 0 aliphatic carbocycles. The van der Waals surface area contributed by atoms with Crippen molar-refractivity contribution < 1.29 is 4.79 Å². The molecular weight excluding hydrogens is 488 g/mol. The van der Waals surface area contributed by atoms with Crippen LogP contribution in [0.15, 0.2) is 88.2 Å². The highest BCUT2D eigenvalue weighted by atomic mass is 32.2. The van der Waals surface area contributed by atoms with E-state index in [-0.39, 0.29) is 5.91 Å². The van der Waals surface area contributed by atoms with Crippen molar-refractivity contribution in [3.05, 3.63) is 95.8 Å². The highest BCUT2D eigenvalue weighted by Gasteiger charge is 2.36. The number of nitrogens with zero attached hydrogens (tertiary/aromatic N) is 3. The zero-order chi connectivity index (χ0) is 25.0. The molecule has 7 nitrogen and oxygen atoms in total. The molecule has 1 atom stereocenters. The molecule has 1 fully saturated rings. The molecule has 1 aliphatic rings. The van der Waals surface area contributed by atoms with Gasteiger partial charge in [0.05, 0.1) is 10.4 Å². The summed E-state index contributed by atoms with van der Waals surface area (Å²) in [5, 5.41) is 7.10. The first kappa shape index (κ1) is 24.5. The number of amides is 1. The number of rotatable bonds is 8. The zero-order valence-electron chi connectivity index (χ0n) is 20.0. The van der Waals surface area contributed by atoms with E-state index in [2.05, 4.69) is 37.6 Å². The number of carbonyl (C=O) groups is 1. The minimum Gasteiger partial charge on any atom is -0.333 e. The Balaban J connectivity index is 1.22. The van der Waals surface area contributed by atoms with Crippen LogP contribution in [0.2, 0.25) is 0 Å². The van der Waals surface area contributed by atoms with Crippen molar-refractivity contribution >= 4 is 40.0 Å². The Hall–Kier alpha value is -3.24. The summed E-state index contributed by atoms with van der Waals surface area (Å²) in [6, 6.07) is 22.0. The normalized spacial score (nSPS) is 17.7. The number of pyridine rings is 1. The van der Waals surface area contributed by atoms with Gasteiger partial charge in [0.25, 0.3) is 5.91 Å². The van der Waals surface area contributed by atoms with Crippen molar-refractivity contribution in [1.29, 1.82) is 0 Å². The van der Waals surface area contributed by atoms with Crippen molar-refractivity contribution in [2.45, 2.75) is 34.7 Å². The third kappa shape index (κ3) is 6.11. The highest BCUT2D eigenvalue weighted by Crippen LogP contribution is 2.35. The Morgan fingerprint density at radius 1 is 1.14 bits per heavy atom. The topological polar surface area (TPSA) is 96.2 Å². The summed E-state index contributed by atoms with van der Waals surface area (Å²) in [5.41, 5.74) is 8.68. The third-order valence-corrected chi connectivity index (χ3v) is 8.05. The third-order valence-electron chi connectivity index (χ3n) is 6.05. The minimum absolute atomic E-state index is 0.138. The fourth-order valence-corrected chi connectivity index (χ4v) is 6.12. The summed E-state index contributed by atoms with van der Waals surface area (Å²) >= 11 is 3.12. The van der Waals surface area contributed by atoms with Gasteiger partial charge in [0.2, 0.25) is 0 Å². The highest BCUT2D eigenvalue weighted by molar-refractivity contribution is 8.01. The van der Waals surface area contributed by atoms with E-state index in [1.54, 1.807) is 29.3 Å². The van der Waals surface area contributed by atoms with Crippen molar-refractivity contribution in [2.75, 3.05) is 18.4 Å². The minimum atomic E-state index is -0.745. The molecule has 2 aromatic heterocycles. The second-order valence-electron chi connectivity index (χ2n) is 8.96. The molecule has 4 N–H and O–H groups in total. The maximum absolute atomic E-state index is 13.3. The van der Waals surface area contributed by atoms with E-state index < -0.39 is 5.66 Å². The van der Waals surface area contributed by atoms with E-state index in [1.165, 1.54) is 5.56 Å². The lowest BCUT2D eigenvalue weighted by Gasteiger charge is -2.26. The van der Waals surface area contributed by atoms with Crippen molar-refractivity contribution in [3.8, 4) is 0 Å². The number of aromatic nitrogens is 2. The molecule has 36 heavy (non-hydrogen) atoms. The second-order valence-corrected chi connectivity index (χ2v) is 11.4. The zero-order valence-corrected chi connectivity index (χ0v) is 21.6. The first-order chi connectivity index (χ1) is 17.5. The molecule has 0 unspecified atom stereocenters. The summed E-state index contributed by atoms with van der Waals surface area (Å²) in [7, 11) is 0. The van der Waals surface area contributed by atoms with Crippen LogP contribution in [-0.2, 0) is 6.54 Å². The van der Waals surface area contributed by atoms with Gasteiger partial charge in [0.1, 0.15) is 11.5 Å². The standard InChI is InChI=1S/C27H28N6OS2/c1-19-10-11-21(35-24-16-30-26(36-24)31-23-9-5-6-13-29-23)15-22(19)25(34)32-27(28)12-14-33(18-27)17-20-7-3-2-4-8-20/h2-11,13,15-16H,12,14,17-18,28H2,1H3,(H,32,34)(H,29,30,31)/t27-/m0/s1. The van der Waals surface area contributed by atoms with E-state index in [0.29, 0.717) is 18.5 Å². The first-order valence-electron chi connectivity index (χ1n) is 11.8. The Morgan fingerprint density at radius 2 is 1.97 bits per heavy atom. The smallest absolute Gasteiger partial charge is 0.253 e. The number of hydrogen-bond acceptors (Lipinski definition) is 8. The molecule has 9 heteroatoms. The van der Waals surface area contributed by atoms with E-state index in [9.17, 15) is 4.79 Å². The fraction of sp³-hybridized carbons (Fsp3) is 0.222. The molecule has 3 heterocycles. The molecular formula is C27H28N6OS2. The van der Waals surface area contributed by atoms with Gasteiger partial charge in [-0.05, 0) is 48.7 Å². The van der Waals surface area contributed by atoms with Crippen LogP contribution in [-0.4, -0.2) is 39.5 Å². The van der Waals surface area contributed by atoms with Crippen LogP contribution in [0, 0.1) is 6.92 Å². The Kier molecular flexibility index (Phi) is 7.33. The monoisotopic (exact) mass is 516 g/mol. The quantitative estimate of drug-likeness (QED) is 0.283. The average Bonchev–Trinajstić information content (AvgIpc) is 3.47. The first-order valence-corrected chi connectivity index (χ1v) is 13.4. The average molecular weight is 517 g/mol. The van der Waals surface area contributed by atoms with E-state index in [1.807, 2.05) is 67.7 Å². The van der Waals surface area contributed by atoms with Crippen LogP contribution in [0.1, 0.15) is 27.9 Å². The van der Waals surface area contributed by atoms with E-state index in [0.717, 1.165) is 38.7 Å². The summed E-state index contributed by atoms with van der Waals surface area (Å²) in [5.74, 6) is 0.614. The number of carbonyl (C=O) groups excluding carboxylic acids is 1. The Morgan fingerprint density at radius 3 is 2.78 bits per heavy atom. The molecule has 1 saturated heterocycles. The summed E-state index contributed by atoms with van der Waals surface area (Å²) in [6.07, 6.45) is 4.28. The van der Waals surface area contributed by atoms with Crippen molar-refractivity contribution in [3.63, 3.8) is 0 Å². The van der Waals surface area contributed by atoms with Crippen LogP contribution >= 0.6 is 23.1 Å². The van der Waals surface area contributed by atoms with Crippen LogP contribution in [0.25, 0.3) is 0 Å². The fourth-order valence-electron chi connectivity index (χ4n) is 4.22. The number of nitrogens with one attached hydrogen (secondary N) is 2. The molecule has 184 valence electrons.